The van der Waals surface area contributed by atoms with Crippen molar-refractivity contribution in [1.82, 2.24) is 0 Å². The van der Waals surface area contributed by atoms with Crippen molar-refractivity contribution >= 4 is 11.3 Å². The molecule has 0 saturated heterocycles. The minimum absolute atomic E-state index is 0.0510. The number of ether oxygens (including phenoxy) is 1. The van der Waals surface area contributed by atoms with Crippen molar-refractivity contribution in [1.29, 1.82) is 0 Å². The Kier molecular flexibility index (Phi) is 4.03. The van der Waals surface area contributed by atoms with Crippen LogP contribution < -0.4 is 5.73 Å². The Balaban J connectivity index is 2.56. The molecule has 0 amide bonds. The zero-order valence-corrected chi connectivity index (χ0v) is 12.2. The smallest absolute Gasteiger partial charge is 0.416 e. The van der Waals surface area contributed by atoms with Crippen LogP contribution in [0.3, 0.4) is 0 Å². The van der Waals surface area contributed by atoms with E-state index in [2.05, 4.69) is 0 Å². The van der Waals surface area contributed by atoms with Crippen LogP contribution in [0.15, 0.2) is 30.0 Å². The third-order valence-corrected chi connectivity index (χ3v) is 3.77. The van der Waals surface area contributed by atoms with Gasteiger partial charge in [0.2, 0.25) is 0 Å². The summed E-state index contributed by atoms with van der Waals surface area (Å²) in [6.07, 6.45) is -0.154. The fourth-order valence-corrected chi connectivity index (χ4v) is 2.53. The van der Waals surface area contributed by atoms with Gasteiger partial charge in [0.25, 0.3) is 0 Å². The first-order valence-corrected chi connectivity index (χ1v) is 6.66. The van der Waals surface area contributed by atoms with Crippen LogP contribution in [0.4, 0.5) is 18.9 Å². The molecule has 0 heterocycles. The van der Waals surface area contributed by atoms with Crippen LogP contribution >= 0.6 is 0 Å². The average Bonchev–Trinajstić information content (AvgIpc) is 2.40. The van der Waals surface area contributed by atoms with Crippen molar-refractivity contribution in [2.45, 2.75) is 26.4 Å². The van der Waals surface area contributed by atoms with Crippen LogP contribution in [0, 0.1) is 12.8 Å². The molecule has 0 fully saturated rings. The van der Waals surface area contributed by atoms with E-state index in [1.54, 1.807) is 26.2 Å². The van der Waals surface area contributed by atoms with Gasteiger partial charge in [-0.25, -0.2) is 0 Å². The lowest BCUT2D eigenvalue weighted by Gasteiger charge is -2.24. The molecule has 0 saturated carbocycles. The van der Waals surface area contributed by atoms with E-state index in [9.17, 15) is 13.2 Å². The highest BCUT2D eigenvalue weighted by Crippen LogP contribution is 2.39. The number of rotatable bonds is 2. The van der Waals surface area contributed by atoms with E-state index < -0.39 is 11.7 Å². The molecule has 2 nitrogen and oxygen atoms in total. The largest absolute Gasteiger partial charge is 0.501 e. The number of benzene rings is 1. The summed E-state index contributed by atoms with van der Waals surface area (Å²) in [5.41, 5.74) is 7.43. The quantitative estimate of drug-likeness (QED) is 0.813. The summed E-state index contributed by atoms with van der Waals surface area (Å²) >= 11 is 0. The van der Waals surface area contributed by atoms with E-state index in [-0.39, 0.29) is 5.92 Å². The summed E-state index contributed by atoms with van der Waals surface area (Å²) in [5, 5.41) is 0. The van der Waals surface area contributed by atoms with Gasteiger partial charge in [0, 0.05) is 17.7 Å². The van der Waals surface area contributed by atoms with Gasteiger partial charge in [-0.3, -0.25) is 0 Å². The monoisotopic (exact) mass is 297 g/mol. The minimum atomic E-state index is -4.38. The molecule has 0 spiro atoms. The topological polar surface area (TPSA) is 35.2 Å². The number of allylic oxidation sites excluding steroid dienone is 4. The number of nitrogen functional groups attached to an aromatic ring is 1. The fourth-order valence-electron chi connectivity index (χ4n) is 2.53. The summed E-state index contributed by atoms with van der Waals surface area (Å²) in [4.78, 5) is 0. The van der Waals surface area contributed by atoms with Crippen LogP contribution in [0.25, 0.3) is 5.57 Å². The van der Waals surface area contributed by atoms with Gasteiger partial charge in [0.1, 0.15) is 0 Å². The van der Waals surface area contributed by atoms with Crippen molar-refractivity contribution < 1.29 is 17.9 Å². The van der Waals surface area contributed by atoms with Gasteiger partial charge in [0.15, 0.2) is 0 Å². The van der Waals surface area contributed by atoms with Gasteiger partial charge >= 0.3 is 6.18 Å². The molecule has 114 valence electrons. The first-order chi connectivity index (χ1) is 9.74. The van der Waals surface area contributed by atoms with E-state index in [1.165, 1.54) is 0 Å². The van der Waals surface area contributed by atoms with Crippen molar-refractivity contribution in [2.75, 3.05) is 12.8 Å². The van der Waals surface area contributed by atoms with Gasteiger partial charge in [-0.1, -0.05) is 13.0 Å². The predicted molar refractivity (Wildman–Crippen MR) is 77.4 cm³/mol. The third kappa shape index (κ3) is 3.06. The molecular weight excluding hydrogens is 279 g/mol. The Labute approximate surface area is 122 Å². The van der Waals surface area contributed by atoms with Gasteiger partial charge < -0.3 is 10.5 Å². The van der Waals surface area contributed by atoms with Crippen LogP contribution in [-0.2, 0) is 10.9 Å². The zero-order valence-electron chi connectivity index (χ0n) is 12.2. The number of hydrogen-bond donors (Lipinski definition) is 1. The second-order valence-electron chi connectivity index (χ2n) is 5.32. The molecule has 0 aliphatic heterocycles. The van der Waals surface area contributed by atoms with Crippen molar-refractivity contribution in [3.63, 3.8) is 0 Å². The van der Waals surface area contributed by atoms with Crippen LogP contribution in [0.5, 0.6) is 0 Å². The molecule has 0 radical (unpaired) electrons. The van der Waals surface area contributed by atoms with Crippen LogP contribution in [0.2, 0.25) is 0 Å². The molecule has 2 rings (SSSR count). The molecule has 1 unspecified atom stereocenters. The third-order valence-electron chi connectivity index (χ3n) is 3.77. The van der Waals surface area contributed by atoms with Crippen molar-refractivity contribution in [2.24, 2.45) is 5.92 Å². The number of nitrogens with two attached hydrogens (primary N) is 1. The first-order valence-electron chi connectivity index (χ1n) is 6.66. The van der Waals surface area contributed by atoms with E-state index in [0.29, 0.717) is 23.2 Å². The number of methoxy groups -OCH3 is 1. The summed E-state index contributed by atoms with van der Waals surface area (Å²) in [6, 6.07) is 2.22. The Bertz CT molecular complexity index is 615. The number of hydrogen-bond acceptors (Lipinski definition) is 2. The maximum atomic E-state index is 13.0. The summed E-state index contributed by atoms with van der Waals surface area (Å²) in [5.74, 6) is 0.864. The van der Waals surface area contributed by atoms with Crippen molar-refractivity contribution in [3.8, 4) is 0 Å². The summed E-state index contributed by atoms with van der Waals surface area (Å²) in [7, 11) is 1.58. The second kappa shape index (κ2) is 5.47. The molecular formula is C16H18F3NO. The Morgan fingerprint density at radius 2 is 1.90 bits per heavy atom. The van der Waals surface area contributed by atoms with Gasteiger partial charge in [-0.15, -0.1) is 0 Å². The number of anilines is 1. The molecule has 1 aromatic carbocycles. The highest BCUT2D eigenvalue weighted by atomic mass is 19.4. The number of aryl methyl sites for hydroxylation is 1. The van der Waals surface area contributed by atoms with Gasteiger partial charge in [-0.05, 0) is 42.2 Å². The Morgan fingerprint density at radius 3 is 2.43 bits per heavy atom. The average molecular weight is 297 g/mol. The van der Waals surface area contributed by atoms with Gasteiger partial charge in [-0.2, -0.15) is 13.2 Å². The molecule has 2 N–H and O–H groups in total. The van der Waals surface area contributed by atoms with Crippen LogP contribution in [-0.4, -0.2) is 7.11 Å². The summed E-state index contributed by atoms with van der Waals surface area (Å²) < 4.78 is 44.1. The van der Waals surface area contributed by atoms with E-state index in [4.69, 9.17) is 10.5 Å². The molecule has 1 aliphatic rings. The highest BCUT2D eigenvalue weighted by Gasteiger charge is 2.32. The molecule has 1 atom stereocenters. The standard InChI is InChI=1S/C16H18F3NO/c1-9-7-12(21-3)4-5-13(9)14-8-11(16(17,18)19)6-10(2)15(14)20/h4-6,8-9H,7,20H2,1-3H3. The van der Waals surface area contributed by atoms with E-state index >= 15 is 0 Å². The van der Waals surface area contributed by atoms with Crippen LogP contribution in [0.1, 0.15) is 30.0 Å². The minimum Gasteiger partial charge on any atom is -0.501 e. The lowest BCUT2D eigenvalue weighted by atomic mass is 9.85. The van der Waals surface area contributed by atoms with E-state index in [1.807, 2.05) is 6.92 Å². The maximum absolute atomic E-state index is 13.0. The molecule has 5 heteroatoms. The summed E-state index contributed by atoms with van der Waals surface area (Å²) in [6.45, 7) is 3.55. The number of halogens is 3. The normalized spacial score (nSPS) is 19.0. The van der Waals surface area contributed by atoms with E-state index in [0.717, 1.165) is 23.5 Å². The SMILES string of the molecule is COC1=CC=C(c2cc(C(F)(F)F)cc(C)c2N)C(C)C1. The lowest BCUT2D eigenvalue weighted by molar-refractivity contribution is -0.137. The molecule has 1 aliphatic carbocycles. The lowest BCUT2D eigenvalue weighted by Crippen LogP contribution is -2.12. The molecule has 0 aromatic heterocycles. The predicted octanol–water partition coefficient (Wildman–Crippen LogP) is 4.55. The molecule has 1 aromatic rings. The second-order valence-corrected chi connectivity index (χ2v) is 5.32. The zero-order chi connectivity index (χ0) is 15.8. The Hall–Kier alpha value is -1.91. The maximum Gasteiger partial charge on any atom is 0.416 e. The molecule has 21 heavy (non-hydrogen) atoms. The highest BCUT2D eigenvalue weighted by molar-refractivity contribution is 5.80. The molecule has 0 bridgehead atoms. The van der Waals surface area contributed by atoms with Crippen molar-refractivity contribution in [3.05, 3.63) is 46.7 Å². The fraction of sp³-hybridized carbons (Fsp3) is 0.375. The number of alkyl halides is 3. The first kappa shape index (κ1) is 15.5. The van der Waals surface area contributed by atoms with Gasteiger partial charge in [0.05, 0.1) is 18.4 Å². The Morgan fingerprint density at radius 1 is 1.24 bits per heavy atom.